The van der Waals surface area contributed by atoms with Gasteiger partial charge in [-0.1, -0.05) is 39.7 Å². The molecule has 1 aromatic carbocycles. The van der Waals surface area contributed by atoms with Gasteiger partial charge in [0.25, 0.3) is 11.8 Å². The van der Waals surface area contributed by atoms with Crippen LogP contribution in [0.3, 0.4) is 0 Å². The van der Waals surface area contributed by atoms with Crippen LogP contribution < -0.4 is 15.5 Å². The zero-order valence-corrected chi connectivity index (χ0v) is 22.5. The molecule has 2 N–H and O–H groups in total. The molecule has 0 bridgehead atoms. The average Bonchev–Trinajstić information content (AvgIpc) is 3.56. The molecule has 5 rings (SSSR count). The lowest BCUT2D eigenvalue weighted by atomic mass is 9.83. The Kier molecular flexibility index (Phi) is 6.80. The molecule has 1 saturated heterocycles. The van der Waals surface area contributed by atoms with Crippen LogP contribution in [0.1, 0.15) is 73.3 Å². The van der Waals surface area contributed by atoms with Gasteiger partial charge in [0.2, 0.25) is 0 Å². The topological polar surface area (TPSA) is 102 Å². The number of hydrogen-bond acceptors (Lipinski definition) is 5. The maximum atomic E-state index is 13.4. The number of carbonyl (C=O) groups excluding carboxylic acids is 2. The maximum absolute atomic E-state index is 13.4. The van der Waals surface area contributed by atoms with Gasteiger partial charge < -0.3 is 20.1 Å². The Balaban J connectivity index is 1.40. The number of amides is 2. The number of nitrogens with one attached hydrogen (secondary N) is 2. The minimum Gasteiger partial charge on any atom is -0.616 e. The van der Waals surface area contributed by atoms with E-state index in [0.717, 1.165) is 31.5 Å². The van der Waals surface area contributed by atoms with E-state index in [4.69, 9.17) is 5.10 Å². The molecule has 2 amide bonds. The molecule has 2 atom stereocenters. The van der Waals surface area contributed by atoms with E-state index < -0.39 is 11.2 Å². The van der Waals surface area contributed by atoms with E-state index >= 15 is 0 Å². The number of aryl methyl sites for hydroxylation is 2. The first-order chi connectivity index (χ1) is 17.1. The number of nitrogens with zero attached hydrogens (tertiary/aromatic N) is 3. The van der Waals surface area contributed by atoms with E-state index in [2.05, 4.69) is 54.5 Å². The normalized spacial score (nSPS) is 21.4. The highest BCUT2D eigenvalue weighted by Gasteiger charge is 2.36. The Labute approximate surface area is 216 Å². The fourth-order valence-electron chi connectivity index (χ4n) is 5.51. The monoisotopic (exact) mass is 511 g/mol. The summed E-state index contributed by atoms with van der Waals surface area (Å²) in [5.74, 6) is 0.444. The van der Waals surface area contributed by atoms with Gasteiger partial charge in [0, 0.05) is 31.7 Å². The first-order valence-corrected chi connectivity index (χ1v) is 14.7. The van der Waals surface area contributed by atoms with E-state index in [0.29, 0.717) is 41.4 Å². The molecule has 2 aromatic rings. The summed E-state index contributed by atoms with van der Waals surface area (Å²) in [6, 6.07) is 6.41. The molecule has 1 aliphatic carbocycles. The van der Waals surface area contributed by atoms with Gasteiger partial charge in [0.05, 0.1) is 18.0 Å². The Morgan fingerprint density at radius 1 is 1.31 bits per heavy atom. The number of aromatic nitrogens is 2. The third-order valence-corrected chi connectivity index (χ3v) is 8.15. The lowest BCUT2D eigenvalue weighted by molar-refractivity contribution is -0.113. The van der Waals surface area contributed by atoms with Gasteiger partial charge >= 0.3 is 0 Å². The predicted molar refractivity (Wildman–Crippen MR) is 143 cm³/mol. The van der Waals surface area contributed by atoms with Gasteiger partial charge in [-0.25, -0.2) is 4.68 Å². The highest BCUT2D eigenvalue weighted by Crippen LogP contribution is 2.38. The summed E-state index contributed by atoms with van der Waals surface area (Å²) in [6.07, 6.45) is 6.38. The summed E-state index contributed by atoms with van der Waals surface area (Å²) < 4.78 is 13.3. The maximum Gasteiger partial charge on any atom is 0.275 e. The smallest absolute Gasteiger partial charge is 0.275 e. The highest BCUT2D eigenvalue weighted by molar-refractivity contribution is 7.91. The van der Waals surface area contributed by atoms with Crippen molar-refractivity contribution in [3.8, 4) is 0 Å². The Morgan fingerprint density at radius 3 is 2.69 bits per heavy atom. The van der Waals surface area contributed by atoms with Crippen LogP contribution >= 0.6 is 0 Å². The van der Waals surface area contributed by atoms with Crippen LogP contribution in [-0.4, -0.2) is 51.2 Å². The van der Waals surface area contributed by atoms with Crippen molar-refractivity contribution in [2.75, 3.05) is 35.3 Å². The molecule has 1 saturated carbocycles. The van der Waals surface area contributed by atoms with Gasteiger partial charge in [0.1, 0.15) is 11.4 Å². The lowest BCUT2D eigenvalue weighted by Gasteiger charge is -2.47. The van der Waals surface area contributed by atoms with Gasteiger partial charge in [0.15, 0.2) is 5.75 Å². The van der Waals surface area contributed by atoms with E-state index in [1.807, 2.05) is 0 Å². The predicted octanol–water partition coefficient (Wildman–Crippen LogP) is 3.44. The molecule has 1 aromatic heterocycles. The molecule has 0 spiro atoms. The van der Waals surface area contributed by atoms with Crippen LogP contribution in [0, 0.1) is 11.3 Å². The fourth-order valence-corrected chi connectivity index (χ4v) is 5.95. The quantitative estimate of drug-likeness (QED) is 0.502. The average molecular weight is 512 g/mol. The molecule has 3 aliphatic rings. The second kappa shape index (κ2) is 9.74. The van der Waals surface area contributed by atoms with Crippen molar-refractivity contribution >= 4 is 34.5 Å². The Bertz CT molecular complexity index is 1160. The van der Waals surface area contributed by atoms with Crippen LogP contribution in [0.4, 0.5) is 11.5 Å². The third kappa shape index (κ3) is 5.27. The Hall–Kier alpha value is -2.52. The second-order valence-corrected chi connectivity index (χ2v) is 12.8. The van der Waals surface area contributed by atoms with E-state index in [1.165, 1.54) is 30.3 Å². The molecule has 36 heavy (non-hydrogen) atoms. The summed E-state index contributed by atoms with van der Waals surface area (Å²) in [5.41, 5.74) is 5.10. The lowest BCUT2D eigenvalue weighted by Crippen LogP contribution is -2.53. The molecule has 8 nitrogen and oxygen atoms in total. The van der Waals surface area contributed by atoms with Crippen molar-refractivity contribution < 1.29 is 14.1 Å². The molecular formula is C27H37N5O3S. The Morgan fingerprint density at radius 2 is 2.06 bits per heavy atom. The van der Waals surface area contributed by atoms with Gasteiger partial charge in [-0.05, 0) is 58.6 Å². The number of carbonyl (C=O) groups is 2. The third-order valence-electron chi connectivity index (χ3n) is 7.48. The summed E-state index contributed by atoms with van der Waals surface area (Å²) in [7, 11) is 0. The van der Waals surface area contributed by atoms with Crippen LogP contribution in [0.2, 0.25) is 0 Å². The number of anilines is 2. The van der Waals surface area contributed by atoms with E-state index in [9.17, 15) is 14.1 Å². The van der Waals surface area contributed by atoms with Crippen LogP contribution in [-0.2, 0) is 35.4 Å². The van der Waals surface area contributed by atoms with Gasteiger partial charge in [-0.2, -0.15) is 5.10 Å². The first-order valence-electron chi connectivity index (χ1n) is 13.0. The molecular weight excluding hydrogens is 474 g/mol. The number of fused-ring (bicyclic) bond motifs is 1. The van der Waals surface area contributed by atoms with Crippen molar-refractivity contribution in [2.24, 2.45) is 11.3 Å². The zero-order valence-electron chi connectivity index (χ0n) is 21.7. The van der Waals surface area contributed by atoms with Crippen molar-refractivity contribution in [3.05, 3.63) is 40.6 Å². The van der Waals surface area contributed by atoms with Crippen molar-refractivity contribution in [2.45, 2.75) is 65.5 Å². The first kappa shape index (κ1) is 25.1. The molecule has 2 unspecified atom stereocenters. The van der Waals surface area contributed by atoms with Crippen molar-refractivity contribution in [3.63, 3.8) is 0 Å². The second-order valence-electron chi connectivity index (χ2n) is 11.4. The largest absolute Gasteiger partial charge is 0.616 e. The van der Waals surface area contributed by atoms with Gasteiger partial charge in [-0.15, -0.1) is 0 Å². The number of hydrogen-bond donors (Lipinski definition) is 2. The minimum atomic E-state index is -1.26. The standard InChI is InChI=1S/C27H37N5O3S/c1-5-18-12-19(31-15-27(2,3)16-31)8-9-20(18)21-13-22-24(26(34)28-21)25(29-23(33)14-36(4)35)32(30-22)11-10-17-6-7-17/h8-9,12,17,21H,5-7,10-11,13-16H2,1-4H3,(H,28,34)(H,29,33). The number of rotatable bonds is 9. The summed E-state index contributed by atoms with van der Waals surface area (Å²) in [6.45, 7) is 9.48. The highest BCUT2D eigenvalue weighted by atomic mass is 32.2. The number of benzene rings is 1. The SMILES string of the molecule is CCc1cc(N2CC(C)(C)C2)ccc1C1Cc2nn(CCC3CC3)c(NC(=O)C[S+](C)[O-])c2C(=O)N1. The molecule has 3 heterocycles. The summed E-state index contributed by atoms with van der Waals surface area (Å²) >= 11 is -1.26. The van der Waals surface area contributed by atoms with Crippen LogP contribution in [0.5, 0.6) is 0 Å². The molecule has 0 radical (unpaired) electrons. The molecule has 194 valence electrons. The van der Waals surface area contributed by atoms with Crippen LogP contribution in [0.25, 0.3) is 0 Å². The summed E-state index contributed by atoms with van der Waals surface area (Å²) in [5, 5.41) is 10.8. The van der Waals surface area contributed by atoms with Gasteiger partial charge in [-0.3, -0.25) is 9.59 Å². The molecule has 2 aliphatic heterocycles. The van der Waals surface area contributed by atoms with E-state index in [-0.39, 0.29) is 23.6 Å². The molecule has 2 fully saturated rings. The molecule has 9 heteroatoms. The van der Waals surface area contributed by atoms with Crippen LogP contribution in [0.15, 0.2) is 18.2 Å². The van der Waals surface area contributed by atoms with E-state index in [1.54, 1.807) is 4.68 Å². The van der Waals surface area contributed by atoms with Crippen molar-refractivity contribution in [1.29, 1.82) is 0 Å². The van der Waals surface area contributed by atoms with Crippen molar-refractivity contribution in [1.82, 2.24) is 15.1 Å². The zero-order chi connectivity index (χ0) is 25.6. The summed E-state index contributed by atoms with van der Waals surface area (Å²) in [4.78, 5) is 28.2. The minimum absolute atomic E-state index is 0.104. The fraction of sp³-hybridized carbons (Fsp3) is 0.593.